The van der Waals surface area contributed by atoms with E-state index in [9.17, 15) is 13.2 Å². The van der Waals surface area contributed by atoms with E-state index < -0.39 is 10.0 Å². The molecule has 1 amide bonds. The Hall–Kier alpha value is -1.44. The van der Waals surface area contributed by atoms with Crippen LogP contribution in [-0.2, 0) is 21.3 Å². The van der Waals surface area contributed by atoms with Gasteiger partial charge >= 0.3 is 0 Å². The molecule has 0 spiro atoms. The van der Waals surface area contributed by atoms with Crippen molar-refractivity contribution in [2.24, 2.45) is 0 Å². The Morgan fingerprint density at radius 2 is 1.95 bits per heavy atom. The van der Waals surface area contributed by atoms with E-state index in [0.29, 0.717) is 32.8 Å². The van der Waals surface area contributed by atoms with Crippen LogP contribution in [0.4, 0.5) is 0 Å². The fourth-order valence-corrected chi connectivity index (χ4v) is 4.03. The zero-order valence-corrected chi connectivity index (χ0v) is 11.1. The van der Waals surface area contributed by atoms with Crippen molar-refractivity contribution in [2.75, 3.05) is 26.3 Å². The fraction of sp³-hybridized carbons (Fsp3) is 0.417. The second-order valence-electron chi connectivity index (χ2n) is 4.49. The summed E-state index contributed by atoms with van der Waals surface area (Å²) in [5.41, 5.74) is 1.02. The summed E-state index contributed by atoms with van der Waals surface area (Å²) in [5.74, 6) is -0.317. The van der Waals surface area contributed by atoms with Crippen molar-refractivity contribution < 1.29 is 17.9 Å². The van der Waals surface area contributed by atoms with E-state index in [2.05, 4.69) is 5.32 Å². The predicted molar refractivity (Wildman–Crippen MR) is 67.2 cm³/mol. The van der Waals surface area contributed by atoms with E-state index in [1.54, 1.807) is 12.1 Å². The van der Waals surface area contributed by atoms with E-state index in [-0.39, 0.29) is 16.4 Å². The van der Waals surface area contributed by atoms with Crippen LogP contribution in [0.3, 0.4) is 0 Å². The van der Waals surface area contributed by atoms with Crippen LogP contribution in [-0.4, -0.2) is 44.9 Å². The lowest BCUT2D eigenvalue weighted by Gasteiger charge is -2.26. The smallest absolute Gasteiger partial charge is 0.253 e. The first-order valence-corrected chi connectivity index (χ1v) is 7.53. The molecule has 0 atom stereocenters. The fourth-order valence-electron chi connectivity index (χ4n) is 2.39. The Morgan fingerprint density at radius 1 is 1.21 bits per heavy atom. The van der Waals surface area contributed by atoms with Gasteiger partial charge in [-0.1, -0.05) is 12.1 Å². The van der Waals surface area contributed by atoms with Crippen molar-refractivity contribution in [3.8, 4) is 0 Å². The molecule has 102 valence electrons. The molecule has 6 nitrogen and oxygen atoms in total. The normalized spacial score (nSPS) is 20.1. The standard InChI is InChI=1S/C12H14N2O4S/c15-12-11-9(8-13-12)2-1-3-10(11)19(16,17)14-4-6-18-7-5-14/h1-3H,4-8H2,(H,13,15). The van der Waals surface area contributed by atoms with Gasteiger partial charge in [-0.25, -0.2) is 8.42 Å². The first kappa shape index (κ1) is 12.6. The van der Waals surface area contributed by atoms with E-state index in [1.807, 2.05) is 0 Å². The highest BCUT2D eigenvalue weighted by atomic mass is 32.2. The van der Waals surface area contributed by atoms with E-state index in [0.717, 1.165) is 5.56 Å². The third-order valence-electron chi connectivity index (χ3n) is 3.37. The van der Waals surface area contributed by atoms with Crippen LogP contribution < -0.4 is 5.32 Å². The predicted octanol–water partition coefficient (Wildman–Crippen LogP) is -0.0491. The molecule has 1 N–H and O–H groups in total. The molecule has 0 aliphatic carbocycles. The minimum atomic E-state index is -3.63. The van der Waals surface area contributed by atoms with Gasteiger partial charge in [0, 0.05) is 19.6 Å². The number of nitrogens with zero attached hydrogens (tertiary/aromatic N) is 1. The van der Waals surface area contributed by atoms with Crippen molar-refractivity contribution >= 4 is 15.9 Å². The highest BCUT2D eigenvalue weighted by molar-refractivity contribution is 7.89. The molecule has 19 heavy (non-hydrogen) atoms. The molecule has 0 saturated carbocycles. The zero-order chi connectivity index (χ0) is 13.5. The summed E-state index contributed by atoms with van der Waals surface area (Å²) >= 11 is 0. The second-order valence-corrected chi connectivity index (χ2v) is 6.40. The molecule has 0 aromatic heterocycles. The maximum Gasteiger partial charge on any atom is 0.253 e. The Bertz CT molecular complexity index is 621. The largest absolute Gasteiger partial charge is 0.379 e. The SMILES string of the molecule is O=C1NCc2cccc(S(=O)(=O)N3CCOCC3)c21. The van der Waals surface area contributed by atoms with Gasteiger partial charge in [0.15, 0.2) is 0 Å². The van der Waals surface area contributed by atoms with Crippen molar-refractivity contribution in [1.29, 1.82) is 0 Å². The molecule has 2 heterocycles. The summed E-state index contributed by atoms with van der Waals surface area (Å²) in [6.07, 6.45) is 0. The van der Waals surface area contributed by atoms with Gasteiger partial charge in [0.25, 0.3) is 5.91 Å². The summed E-state index contributed by atoms with van der Waals surface area (Å²) in [5, 5.41) is 2.65. The van der Waals surface area contributed by atoms with Crippen LogP contribution in [0.5, 0.6) is 0 Å². The zero-order valence-electron chi connectivity index (χ0n) is 10.3. The number of hydrogen-bond acceptors (Lipinski definition) is 4. The number of hydrogen-bond donors (Lipinski definition) is 1. The van der Waals surface area contributed by atoms with Gasteiger partial charge in [-0.3, -0.25) is 4.79 Å². The first-order chi connectivity index (χ1) is 9.10. The summed E-state index contributed by atoms with van der Waals surface area (Å²) in [6.45, 7) is 1.82. The highest BCUT2D eigenvalue weighted by Crippen LogP contribution is 2.26. The number of fused-ring (bicyclic) bond motifs is 1. The summed E-state index contributed by atoms with van der Waals surface area (Å²) in [4.78, 5) is 11.9. The molecule has 2 aliphatic heterocycles. The van der Waals surface area contributed by atoms with Crippen LogP contribution in [0.1, 0.15) is 15.9 Å². The van der Waals surface area contributed by atoms with Crippen LogP contribution in [0, 0.1) is 0 Å². The highest BCUT2D eigenvalue weighted by Gasteiger charge is 2.33. The molecule has 7 heteroatoms. The number of carbonyl (C=O) groups excluding carboxylic acids is 1. The topological polar surface area (TPSA) is 75.7 Å². The van der Waals surface area contributed by atoms with Gasteiger partial charge in [-0.05, 0) is 11.6 Å². The summed E-state index contributed by atoms with van der Waals surface area (Å²) in [7, 11) is -3.63. The third-order valence-corrected chi connectivity index (χ3v) is 5.31. The number of rotatable bonds is 2. The molecule has 0 bridgehead atoms. The van der Waals surface area contributed by atoms with Crippen molar-refractivity contribution in [2.45, 2.75) is 11.4 Å². The first-order valence-electron chi connectivity index (χ1n) is 6.09. The molecule has 0 radical (unpaired) electrons. The van der Waals surface area contributed by atoms with Gasteiger partial charge < -0.3 is 10.1 Å². The molecular formula is C12H14N2O4S. The quantitative estimate of drug-likeness (QED) is 0.825. The van der Waals surface area contributed by atoms with Crippen LogP contribution in [0.25, 0.3) is 0 Å². The maximum atomic E-state index is 12.6. The van der Waals surface area contributed by atoms with E-state index in [4.69, 9.17) is 4.74 Å². The Balaban J connectivity index is 2.07. The number of benzene rings is 1. The van der Waals surface area contributed by atoms with Gasteiger partial charge in [-0.15, -0.1) is 0 Å². The number of ether oxygens (including phenoxy) is 1. The molecule has 3 rings (SSSR count). The lowest BCUT2D eigenvalue weighted by atomic mass is 10.1. The molecule has 1 fully saturated rings. The number of amides is 1. The average Bonchev–Trinajstić information content (AvgIpc) is 2.82. The van der Waals surface area contributed by atoms with Crippen molar-refractivity contribution in [1.82, 2.24) is 9.62 Å². The van der Waals surface area contributed by atoms with Crippen LogP contribution >= 0.6 is 0 Å². The Morgan fingerprint density at radius 3 is 2.68 bits per heavy atom. The van der Waals surface area contributed by atoms with Crippen molar-refractivity contribution in [3.05, 3.63) is 29.3 Å². The van der Waals surface area contributed by atoms with Crippen molar-refractivity contribution in [3.63, 3.8) is 0 Å². The van der Waals surface area contributed by atoms with E-state index in [1.165, 1.54) is 10.4 Å². The minimum Gasteiger partial charge on any atom is -0.379 e. The molecule has 0 unspecified atom stereocenters. The number of morpholine rings is 1. The number of sulfonamides is 1. The van der Waals surface area contributed by atoms with Gasteiger partial charge in [0.1, 0.15) is 0 Å². The van der Waals surface area contributed by atoms with Crippen LogP contribution in [0.15, 0.2) is 23.1 Å². The monoisotopic (exact) mass is 282 g/mol. The molecule has 2 aliphatic rings. The third kappa shape index (κ3) is 2.03. The van der Waals surface area contributed by atoms with Gasteiger partial charge in [-0.2, -0.15) is 4.31 Å². The maximum absolute atomic E-state index is 12.6. The van der Waals surface area contributed by atoms with Gasteiger partial charge in [0.05, 0.1) is 23.7 Å². The lowest BCUT2D eigenvalue weighted by Crippen LogP contribution is -2.41. The Kier molecular flexibility index (Phi) is 3.04. The molecule has 1 aromatic carbocycles. The average molecular weight is 282 g/mol. The van der Waals surface area contributed by atoms with Gasteiger partial charge in [0.2, 0.25) is 10.0 Å². The second kappa shape index (κ2) is 4.59. The Labute approximate surface area is 111 Å². The van der Waals surface area contributed by atoms with E-state index >= 15 is 0 Å². The number of nitrogens with one attached hydrogen (secondary N) is 1. The minimum absolute atomic E-state index is 0.0990. The summed E-state index contributed by atoms with van der Waals surface area (Å²) in [6, 6.07) is 4.94. The molecular weight excluding hydrogens is 268 g/mol. The molecule has 1 aromatic rings. The summed E-state index contributed by atoms with van der Waals surface area (Å²) < 4.78 is 31.7. The lowest BCUT2D eigenvalue weighted by molar-refractivity contribution is 0.0730. The number of carbonyl (C=O) groups is 1. The molecule has 1 saturated heterocycles. The van der Waals surface area contributed by atoms with Crippen LogP contribution in [0.2, 0.25) is 0 Å².